The van der Waals surface area contributed by atoms with E-state index in [1.54, 1.807) is 0 Å². The first-order chi connectivity index (χ1) is 9.50. The maximum Gasteiger partial charge on any atom is 0.238 e. The van der Waals surface area contributed by atoms with Crippen molar-refractivity contribution in [3.63, 3.8) is 0 Å². The predicted octanol–water partition coefficient (Wildman–Crippen LogP) is 2.71. The molecule has 112 valence electrons. The number of nitrogens with one attached hydrogen (secondary N) is 2. The molecule has 0 saturated carbocycles. The highest BCUT2D eigenvalue weighted by atomic mass is 79.9. The molecule has 0 atom stereocenters. The summed E-state index contributed by atoms with van der Waals surface area (Å²) >= 11 is 3.41. The van der Waals surface area contributed by atoms with Crippen LogP contribution in [0, 0.1) is 0 Å². The van der Waals surface area contributed by atoms with Gasteiger partial charge < -0.3 is 15.5 Å². The molecule has 0 unspecified atom stereocenters. The van der Waals surface area contributed by atoms with Crippen LogP contribution >= 0.6 is 15.9 Å². The molecule has 5 heteroatoms. The zero-order chi connectivity index (χ0) is 15.0. The predicted molar refractivity (Wildman–Crippen MR) is 88.0 cm³/mol. The highest BCUT2D eigenvalue weighted by Crippen LogP contribution is 2.20. The summed E-state index contributed by atoms with van der Waals surface area (Å²) in [6.07, 6.45) is 1.04. The van der Waals surface area contributed by atoms with Crippen LogP contribution in [0.15, 0.2) is 28.7 Å². The summed E-state index contributed by atoms with van der Waals surface area (Å²) in [4.78, 5) is 14.1. The van der Waals surface area contributed by atoms with Crippen molar-refractivity contribution >= 4 is 27.5 Å². The van der Waals surface area contributed by atoms with E-state index in [4.69, 9.17) is 0 Å². The van der Waals surface area contributed by atoms with Crippen LogP contribution in [0.5, 0.6) is 0 Å². The number of rotatable bonds is 8. The van der Waals surface area contributed by atoms with Gasteiger partial charge in [0.25, 0.3) is 0 Å². The molecule has 0 heterocycles. The van der Waals surface area contributed by atoms with Crippen LogP contribution in [-0.4, -0.2) is 43.5 Å². The molecule has 20 heavy (non-hydrogen) atoms. The van der Waals surface area contributed by atoms with Gasteiger partial charge in [0, 0.05) is 10.5 Å². The van der Waals surface area contributed by atoms with E-state index in [1.165, 1.54) is 0 Å². The Morgan fingerprint density at radius 1 is 1.35 bits per heavy atom. The van der Waals surface area contributed by atoms with Crippen molar-refractivity contribution in [2.24, 2.45) is 0 Å². The van der Waals surface area contributed by atoms with Crippen molar-refractivity contribution in [3.8, 4) is 0 Å². The third-order valence-corrected chi connectivity index (χ3v) is 3.87. The Morgan fingerprint density at radius 3 is 2.70 bits per heavy atom. The lowest BCUT2D eigenvalue weighted by Gasteiger charge is -2.20. The zero-order valence-electron chi connectivity index (χ0n) is 12.4. The molecule has 0 aliphatic heterocycles. The van der Waals surface area contributed by atoms with Gasteiger partial charge in [-0.3, -0.25) is 4.79 Å². The maximum absolute atomic E-state index is 11.8. The minimum Gasteiger partial charge on any atom is -0.324 e. The minimum atomic E-state index is -0.0193. The molecule has 1 rings (SSSR count). The summed E-state index contributed by atoms with van der Waals surface area (Å²) in [5.41, 5.74) is 0.804. The maximum atomic E-state index is 11.8. The third kappa shape index (κ3) is 6.50. The molecule has 0 aromatic heterocycles. The Kier molecular flexibility index (Phi) is 7.80. The number of hydrogen-bond acceptors (Lipinski definition) is 3. The highest BCUT2D eigenvalue weighted by molar-refractivity contribution is 9.10. The summed E-state index contributed by atoms with van der Waals surface area (Å²) in [7, 11) is 2.12. The molecule has 0 aliphatic rings. The normalized spacial score (nSPS) is 11.1. The zero-order valence-corrected chi connectivity index (χ0v) is 14.0. The molecule has 0 bridgehead atoms. The number of nitrogens with zero attached hydrogens (tertiary/aromatic N) is 1. The monoisotopic (exact) mass is 341 g/mol. The topological polar surface area (TPSA) is 44.4 Å². The summed E-state index contributed by atoms with van der Waals surface area (Å²) in [6, 6.07) is 8.16. The average Bonchev–Trinajstić information content (AvgIpc) is 2.40. The van der Waals surface area contributed by atoms with Crippen LogP contribution in [0.25, 0.3) is 0 Å². The van der Waals surface area contributed by atoms with Gasteiger partial charge in [-0.25, -0.2) is 0 Å². The van der Waals surface area contributed by atoms with Gasteiger partial charge in [0.1, 0.15) is 0 Å². The number of amides is 1. The second-order valence-electron chi connectivity index (χ2n) is 5.13. The van der Waals surface area contributed by atoms with Crippen molar-refractivity contribution in [2.75, 3.05) is 32.0 Å². The number of anilines is 1. The number of benzene rings is 1. The Labute approximate surface area is 130 Å². The fourth-order valence-electron chi connectivity index (χ4n) is 1.67. The van der Waals surface area contributed by atoms with E-state index in [0.29, 0.717) is 12.6 Å². The molecule has 0 radical (unpaired) electrons. The summed E-state index contributed by atoms with van der Waals surface area (Å²) < 4.78 is 0.895. The molecule has 0 spiro atoms. The second-order valence-corrected chi connectivity index (χ2v) is 5.99. The smallest absolute Gasteiger partial charge is 0.238 e. The molecule has 0 saturated heterocycles. The van der Waals surface area contributed by atoms with E-state index in [2.05, 4.69) is 52.4 Å². The minimum absolute atomic E-state index is 0.0193. The molecule has 2 N–H and O–H groups in total. The van der Waals surface area contributed by atoms with Crippen molar-refractivity contribution in [1.29, 1.82) is 0 Å². The van der Waals surface area contributed by atoms with Crippen LogP contribution in [-0.2, 0) is 4.79 Å². The lowest BCUT2D eigenvalue weighted by molar-refractivity contribution is -0.115. The number of carbonyl (C=O) groups is 1. The quantitative estimate of drug-likeness (QED) is 0.714. The molecule has 1 amide bonds. The number of carbonyl (C=O) groups excluding carboxylic acids is 1. The SMILES string of the molecule is CC(C)N(C)CCCNCC(=O)Nc1ccccc1Br. The van der Waals surface area contributed by atoms with Gasteiger partial charge in [-0.1, -0.05) is 12.1 Å². The first-order valence-electron chi connectivity index (χ1n) is 6.96. The van der Waals surface area contributed by atoms with E-state index in [-0.39, 0.29) is 5.91 Å². The number of para-hydroxylation sites is 1. The molecular weight excluding hydrogens is 318 g/mol. The van der Waals surface area contributed by atoms with Gasteiger partial charge in [-0.2, -0.15) is 0 Å². The van der Waals surface area contributed by atoms with Crippen LogP contribution in [0.4, 0.5) is 5.69 Å². The van der Waals surface area contributed by atoms with Crippen LogP contribution in [0.3, 0.4) is 0 Å². The second kappa shape index (κ2) is 9.10. The Hall–Kier alpha value is -0.910. The van der Waals surface area contributed by atoms with Crippen molar-refractivity contribution in [2.45, 2.75) is 26.3 Å². The largest absolute Gasteiger partial charge is 0.324 e. The molecule has 1 aromatic rings. The molecule has 0 aliphatic carbocycles. The van der Waals surface area contributed by atoms with Crippen molar-refractivity contribution in [3.05, 3.63) is 28.7 Å². The average molecular weight is 342 g/mol. The van der Waals surface area contributed by atoms with Crippen molar-refractivity contribution < 1.29 is 4.79 Å². The van der Waals surface area contributed by atoms with Crippen LogP contribution in [0.1, 0.15) is 20.3 Å². The Morgan fingerprint density at radius 2 is 2.05 bits per heavy atom. The van der Waals surface area contributed by atoms with Crippen LogP contribution < -0.4 is 10.6 Å². The van der Waals surface area contributed by atoms with Gasteiger partial charge in [-0.05, 0) is 68.5 Å². The lowest BCUT2D eigenvalue weighted by Crippen LogP contribution is -2.32. The Balaban J connectivity index is 2.17. The fourth-order valence-corrected chi connectivity index (χ4v) is 2.05. The van der Waals surface area contributed by atoms with Gasteiger partial charge in [-0.15, -0.1) is 0 Å². The van der Waals surface area contributed by atoms with E-state index in [1.807, 2.05) is 24.3 Å². The standard InChI is InChI=1S/C15H24BrN3O/c1-12(2)19(3)10-6-9-17-11-15(20)18-14-8-5-4-7-13(14)16/h4-5,7-8,12,17H,6,9-11H2,1-3H3,(H,18,20). The highest BCUT2D eigenvalue weighted by Gasteiger charge is 2.05. The molecule has 4 nitrogen and oxygen atoms in total. The fraction of sp³-hybridized carbons (Fsp3) is 0.533. The van der Waals surface area contributed by atoms with E-state index >= 15 is 0 Å². The third-order valence-electron chi connectivity index (χ3n) is 3.18. The first-order valence-corrected chi connectivity index (χ1v) is 7.75. The number of halogens is 1. The lowest BCUT2D eigenvalue weighted by atomic mass is 10.3. The van der Waals surface area contributed by atoms with E-state index in [0.717, 1.165) is 29.7 Å². The molecule has 0 fully saturated rings. The van der Waals surface area contributed by atoms with Crippen molar-refractivity contribution in [1.82, 2.24) is 10.2 Å². The van der Waals surface area contributed by atoms with E-state index in [9.17, 15) is 4.79 Å². The van der Waals surface area contributed by atoms with Crippen LogP contribution in [0.2, 0.25) is 0 Å². The summed E-state index contributed by atoms with van der Waals surface area (Å²) in [6.45, 7) is 6.58. The summed E-state index contributed by atoms with van der Waals surface area (Å²) in [5, 5.41) is 6.03. The number of hydrogen-bond donors (Lipinski definition) is 2. The Bertz CT molecular complexity index is 423. The molecular formula is C15H24BrN3O. The van der Waals surface area contributed by atoms with E-state index < -0.39 is 0 Å². The van der Waals surface area contributed by atoms with Gasteiger partial charge >= 0.3 is 0 Å². The first kappa shape index (κ1) is 17.1. The van der Waals surface area contributed by atoms with Gasteiger partial charge in [0.2, 0.25) is 5.91 Å². The molecule has 1 aromatic carbocycles. The van der Waals surface area contributed by atoms with Gasteiger partial charge in [0.15, 0.2) is 0 Å². The summed E-state index contributed by atoms with van der Waals surface area (Å²) in [5.74, 6) is -0.0193. The van der Waals surface area contributed by atoms with Gasteiger partial charge in [0.05, 0.1) is 12.2 Å².